The molecule has 0 spiro atoms. The highest BCUT2D eigenvalue weighted by atomic mass is 32.1. The first-order valence-electron chi connectivity index (χ1n) is 9.23. The van der Waals surface area contributed by atoms with Crippen LogP contribution < -0.4 is 10.6 Å². The molecule has 2 aromatic rings. The van der Waals surface area contributed by atoms with E-state index in [-0.39, 0.29) is 6.42 Å². The zero-order chi connectivity index (χ0) is 21.7. The molecule has 2 unspecified atom stereocenters. The van der Waals surface area contributed by atoms with Crippen molar-refractivity contribution < 1.29 is 24.3 Å². The maximum atomic E-state index is 12.4. The van der Waals surface area contributed by atoms with Gasteiger partial charge in [0.25, 0.3) is 5.91 Å². The Hall–Kier alpha value is -3.46. The molecule has 1 aromatic heterocycles. The first-order valence-corrected chi connectivity index (χ1v) is 10.0. The van der Waals surface area contributed by atoms with E-state index in [1.165, 1.54) is 35.6 Å². The molecule has 156 valence electrons. The Morgan fingerprint density at radius 1 is 1.17 bits per heavy atom. The van der Waals surface area contributed by atoms with Gasteiger partial charge in [-0.15, -0.1) is 11.3 Å². The van der Waals surface area contributed by atoms with Gasteiger partial charge in [0.1, 0.15) is 0 Å². The first-order chi connectivity index (χ1) is 14.3. The van der Waals surface area contributed by atoms with Crippen LogP contribution in [0.4, 0.5) is 4.79 Å². The van der Waals surface area contributed by atoms with E-state index in [0.29, 0.717) is 11.3 Å². The number of nitrogens with one attached hydrogen (secondary N) is 2. The minimum Gasteiger partial charge on any atom is -0.481 e. The third-order valence-corrected chi connectivity index (χ3v) is 5.75. The van der Waals surface area contributed by atoms with E-state index in [1.54, 1.807) is 6.07 Å². The average molecular weight is 427 g/mol. The minimum atomic E-state index is -1.33. The first kappa shape index (κ1) is 21.3. The molecule has 9 heteroatoms. The van der Waals surface area contributed by atoms with Crippen molar-refractivity contribution in [3.05, 3.63) is 70.1 Å². The van der Waals surface area contributed by atoms with Gasteiger partial charge in [-0.25, -0.2) is 4.79 Å². The summed E-state index contributed by atoms with van der Waals surface area (Å²) in [6.45, 7) is 0. The van der Waals surface area contributed by atoms with Crippen LogP contribution in [0.25, 0.3) is 0 Å². The second-order valence-electron chi connectivity index (χ2n) is 6.83. The number of benzene rings is 1. The third-order valence-electron chi connectivity index (χ3n) is 4.55. The quantitative estimate of drug-likeness (QED) is 0.585. The highest BCUT2D eigenvalue weighted by molar-refractivity contribution is 7.12. The summed E-state index contributed by atoms with van der Waals surface area (Å²) in [5, 5.41) is 14.2. The summed E-state index contributed by atoms with van der Waals surface area (Å²) in [5.74, 6) is -2.18. The molecule has 0 saturated carbocycles. The lowest BCUT2D eigenvalue weighted by molar-refractivity contribution is -0.138. The smallest absolute Gasteiger partial charge is 0.316 e. The number of carboxylic acid groups (broad SMARTS) is 1. The Kier molecular flexibility index (Phi) is 6.63. The Labute approximate surface area is 177 Å². The monoisotopic (exact) mass is 427 g/mol. The van der Waals surface area contributed by atoms with Gasteiger partial charge in [0.15, 0.2) is 11.8 Å². The number of rotatable bonds is 7. The highest BCUT2D eigenvalue weighted by Crippen LogP contribution is 2.27. The molecule has 3 rings (SSSR count). The van der Waals surface area contributed by atoms with Crippen molar-refractivity contribution in [1.82, 2.24) is 15.5 Å². The number of carbonyl (C=O) groups excluding carboxylic acids is 3. The predicted molar refractivity (Wildman–Crippen MR) is 111 cm³/mol. The van der Waals surface area contributed by atoms with Crippen molar-refractivity contribution >= 4 is 35.0 Å². The fraction of sp³-hybridized carbons (Fsp3) is 0.238. The number of nitrogens with zero attached hydrogens (tertiary/aromatic N) is 1. The second kappa shape index (κ2) is 9.36. The van der Waals surface area contributed by atoms with Gasteiger partial charge in [-0.1, -0.05) is 30.3 Å². The largest absolute Gasteiger partial charge is 0.481 e. The molecule has 2 atom stereocenters. The Morgan fingerprint density at radius 3 is 2.60 bits per heavy atom. The van der Waals surface area contributed by atoms with Gasteiger partial charge >= 0.3 is 12.0 Å². The van der Waals surface area contributed by atoms with Crippen molar-refractivity contribution in [3.8, 4) is 0 Å². The number of likely N-dealkylation sites (N-methyl/N-ethyl adjacent to an activating group) is 1. The van der Waals surface area contributed by atoms with Gasteiger partial charge in [-0.05, 0) is 17.7 Å². The SMILES string of the molecule is CN1C=CC(=O)C(NC(=O)NC(CC(=O)O)c2ccc(Cc3ccccc3)s2)C1=O. The third kappa shape index (κ3) is 5.32. The maximum absolute atomic E-state index is 12.4. The molecule has 0 bridgehead atoms. The number of carbonyl (C=O) groups is 4. The lowest BCUT2D eigenvalue weighted by atomic mass is 10.1. The number of hydrogen-bond acceptors (Lipinski definition) is 5. The molecule has 1 aliphatic heterocycles. The minimum absolute atomic E-state index is 0.328. The summed E-state index contributed by atoms with van der Waals surface area (Å²) < 4.78 is 0. The van der Waals surface area contributed by atoms with Crippen molar-refractivity contribution in [3.63, 3.8) is 0 Å². The average Bonchev–Trinajstić information content (AvgIpc) is 3.17. The van der Waals surface area contributed by atoms with E-state index in [4.69, 9.17) is 0 Å². The summed E-state index contributed by atoms with van der Waals surface area (Å²) >= 11 is 1.41. The standard InChI is InChI=1S/C21H21N3O5S/c1-24-10-9-16(25)19(20(24)28)23-21(29)22-15(12-18(26)27)17-8-7-14(30-17)11-13-5-3-2-4-6-13/h2-10,15,19H,11-12H2,1H3,(H,26,27)(H2,22,23,29). The number of urea groups is 1. The molecule has 0 saturated heterocycles. The number of hydrogen-bond donors (Lipinski definition) is 3. The Morgan fingerprint density at radius 2 is 1.90 bits per heavy atom. The molecule has 0 aliphatic carbocycles. The molecule has 0 radical (unpaired) electrons. The highest BCUT2D eigenvalue weighted by Gasteiger charge is 2.32. The number of amides is 3. The summed E-state index contributed by atoms with van der Waals surface area (Å²) in [5.41, 5.74) is 1.12. The van der Waals surface area contributed by atoms with Crippen LogP contribution in [-0.4, -0.2) is 46.8 Å². The Balaban J connectivity index is 1.69. The molecular weight excluding hydrogens is 406 g/mol. The molecule has 1 aliphatic rings. The van der Waals surface area contributed by atoms with Gasteiger partial charge in [0, 0.05) is 35.5 Å². The molecular formula is C21H21N3O5S. The lowest BCUT2D eigenvalue weighted by Crippen LogP contribution is -2.55. The van der Waals surface area contributed by atoms with Gasteiger partial charge in [0.05, 0.1) is 12.5 Å². The zero-order valence-corrected chi connectivity index (χ0v) is 17.0. The number of carboxylic acids is 1. The Bertz CT molecular complexity index is 986. The summed E-state index contributed by atoms with van der Waals surface area (Å²) in [4.78, 5) is 50.7. The van der Waals surface area contributed by atoms with Crippen LogP contribution in [0.3, 0.4) is 0 Å². The normalized spacial score (nSPS) is 17.0. The van der Waals surface area contributed by atoms with Crippen LogP contribution in [-0.2, 0) is 20.8 Å². The summed E-state index contributed by atoms with van der Waals surface area (Å²) in [7, 11) is 1.48. The topological polar surface area (TPSA) is 116 Å². The van der Waals surface area contributed by atoms with E-state index < -0.39 is 35.8 Å². The lowest BCUT2D eigenvalue weighted by Gasteiger charge is -2.25. The fourth-order valence-electron chi connectivity index (χ4n) is 3.02. The van der Waals surface area contributed by atoms with Crippen molar-refractivity contribution in [2.45, 2.75) is 24.9 Å². The summed E-state index contributed by atoms with van der Waals surface area (Å²) in [6.07, 6.45) is 2.90. The van der Waals surface area contributed by atoms with E-state index in [1.807, 2.05) is 36.4 Å². The number of aliphatic carboxylic acids is 1. The van der Waals surface area contributed by atoms with Crippen molar-refractivity contribution in [2.24, 2.45) is 0 Å². The van der Waals surface area contributed by atoms with Crippen molar-refractivity contribution in [1.29, 1.82) is 0 Å². The molecule has 30 heavy (non-hydrogen) atoms. The molecule has 0 fully saturated rings. The molecule has 8 nitrogen and oxygen atoms in total. The molecule has 2 heterocycles. The zero-order valence-electron chi connectivity index (χ0n) is 16.2. The van der Waals surface area contributed by atoms with Crippen molar-refractivity contribution in [2.75, 3.05) is 7.05 Å². The van der Waals surface area contributed by atoms with Crippen LogP contribution in [0.5, 0.6) is 0 Å². The van der Waals surface area contributed by atoms with E-state index in [0.717, 1.165) is 10.4 Å². The number of ketones is 1. The van der Waals surface area contributed by atoms with Gasteiger partial charge in [-0.3, -0.25) is 14.4 Å². The summed E-state index contributed by atoms with van der Waals surface area (Å²) in [6, 6.07) is 10.6. The van der Waals surface area contributed by atoms with Crippen LogP contribution in [0.1, 0.15) is 27.8 Å². The van der Waals surface area contributed by atoms with Crippen LogP contribution in [0.2, 0.25) is 0 Å². The molecule has 1 aromatic carbocycles. The second-order valence-corrected chi connectivity index (χ2v) is 8.03. The maximum Gasteiger partial charge on any atom is 0.316 e. The van der Waals surface area contributed by atoms with E-state index in [2.05, 4.69) is 10.6 Å². The number of thiophene rings is 1. The van der Waals surface area contributed by atoms with Crippen LogP contribution in [0, 0.1) is 0 Å². The van der Waals surface area contributed by atoms with Crippen LogP contribution in [0.15, 0.2) is 54.7 Å². The van der Waals surface area contributed by atoms with E-state index in [9.17, 15) is 24.3 Å². The van der Waals surface area contributed by atoms with Gasteiger partial charge < -0.3 is 20.6 Å². The van der Waals surface area contributed by atoms with E-state index >= 15 is 0 Å². The fourth-order valence-corrected chi connectivity index (χ4v) is 4.11. The predicted octanol–water partition coefficient (Wildman–Crippen LogP) is 2.08. The van der Waals surface area contributed by atoms with Crippen LogP contribution >= 0.6 is 11.3 Å². The molecule has 3 N–H and O–H groups in total. The molecule has 3 amide bonds. The van der Waals surface area contributed by atoms with Gasteiger partial charge in [0.2, 0.25) is 0 Å². The van der Waals surface area contributed by atoms with Gasteiger partial charge in [-0.2, -0.15) is 0 Å².